The SMILES string of the molecule is CC(c1ccc(Cl)cc1Cl)N(C)C(=O)CNCC1CC1.Cl. The van der Waals surface area contributed by atoms with Crippen molar-refractivity contribution in [3.8, 4) is 0 Å². The minimum Gasteiger partial charge on any atom is -0.338 e. The number of nitrogens with zero attached hydrogens (tertiary/aromatic N) is 1. The average molecular weight is 352 g/mol. The molecule has 3 nitrogen and oxygen atoms in total. The van der Waals surface area contributed by atoms with Crippen LogP contribution in [0.4, 0.5) is 0 Å². The van der Waals surface area contributed by atoms with E-state index in [-0.39, 0.29) is 24.4 Å². The fourth-order valence-electron chi connectivity index (χ4n) is 2.09. The van der Waals surface area contributed by atoms with Crippen LogP contribution in [0.3, 0.4) is 0 Å². The first kappa shape index (κ1) is 18.6. The number of hydrogen-bond acceptors (Lipinski definition) is 2. The van der Waals surface area contributed by atoms with Gasteiger partial charge in [0.1, 0.15) is 0 Å². The predicted molar refractivity (Wildman–Crippen MR) is 90.5 cm³/mol. The molecule has 2 rings (SSSR count). The van der Waals surface area contributed by atoms with Gasteiger partial charge in [-0.2, -0.15) is 0 Å². The molecule has 0 spiro atoms. The highest BCUT2D eigenvalue weighted by molar-refractivity contribution is 6.35. The van der Waals surface area contributed by atoms with Crippen LogP contribution in [0.2, 0.25) is 10.0 Å². The van der Waals surface area contributed by atoms with Crippen LogP contribution in [-0.4, -0.2) is 30.9 Å². The second kappa shape index (κ2) is 8.23. The van der Waals surface area contributed by atoms with Gasteiger partial charge in [0.05, 0.1) is 12.6 Å². The van der Waals surface area contributed by atoms with Gasteiger partial charge in [-0.1, -0.05) is 29.3 Å². The van der Waals surface area contributed by atoms with E-state index in [1.165, 1.54) is 12.8 Å². The standard InChI is InChI=1S/C15H20Cl2N2O.ClH/c1-10(13-6-5-12(16)7-14(13)17)19(2)15(20)9-18-8-11-3-4-11;/h5-7,10-11,18H,3-4,8-9H2,1-2H3;1H. The maximum atomic E-state index is 12.1. The first-order chi connectivity index (χ1) is 9.49. The van der Waals surface area contributed by atoms with Crippen LogP contribution < -0.4 is 5.32 Å². The van der Waals surface area contributed by atoms with Crippen molar-refractivity contribution in [1.82, 2.24) is 10.2 Å². The molecule has 1 saturated carbocycles. The molecule has 0 radical (unpaired) electrons. The van der Waals surface area contributed by atoms with Gasteiger partial charge in [-0.15, -0.1) is 12.4 Å². The Morgan fingerprint density at radius 1 is 1.43 bits per heavy atom. The maximum Gasteiger partial charge on any atom is 0.236 e. The van der Waals surface area contributed by atoms with Crippen molar-refractivity contribution in [3.05, 3.63) is 33.8 Å². The topological polar surface area (TPSA) is 32.3 Å². The third kappa shape index (κ3) is 5.33. The molecule has 0 aliphatic heterocycles. The lowest BCUT2D eigenvalue weighted by Gasteiger charge is -2.26. The number of hydrogen-bond donors (Lipinski definition) is 1. The van der Waals surface area contributed by atoms with E-state index in [0.717, 1.165) is 18.0 Å². The Hall–Kier alpha value is -0.480. The molecular weight excluding hydrogens is 331 g/mol. The van der Waals surface area contributed by atoms with E-state index in [4.69, 9.17) is 23.2 Å². The summed E-state index contributed by atoms with van der Waals surface area (Å²) in [7, 11) is 1.80. The number of likely N-dealkylation sites (N-methyl/N-ethyl adjacent to an activating group) is 1. The summed E-state index contributed by atoms with van der Waals surface area (Å²) in [6, 6.07) is 5.30. The smallest absolute Gasteiger partial charge is 0.236 e. The molecule has 1 aromatic rings. The molecule has 1 unspecified atom stereocenters. The molecule has 0 aromatic heterocycles. The fourth-order valence-corrected chi connectivity index (χ4v) is 2.66. The van der Waals surface area contributed by atoms with Crippen LogP contribution in [0.15, 0.2) is 18.2 Å². The van der Waals surface area contributed by atoms with Gasteiger partial charge in [0.15, 0.2) is 0 Å². The van der Waals surface area contributed by atoms with Gasteiger partial charge in [0.2, 0.25) is 5.91 Å². The number of carbonyl (C=O) groups is 1. The zero-order chi connectivity index (χ0) is 14.7. The van der Waals surface area contributed by atoms with E-state index >= 15 is 0 Å². The molecular formula is C15H21Cl3N2O. The number of nitrogens with one attached hydrogen (secondary N) is 1. The van der Waals surface area contributed by atoms with Gasteiger partial charge >= 0.3 is 0 Å². The third-order valence-corrected chi connectivity index (χ3v) is 4.36. The summed E-state index contributed by atoms with van der Waals surface area (Å²) in [6.07, 6.45) is 2.57. The van der Waals surface area contributed by atoms with E-state index in [0.29, 0.717) is 16.6 Å². The number of amides is 1. The quantitative estimate of drug-likeness (QED) is 0.842. The largest absolute Gasteiger partial charge is 0.338 e. The van der Waals surface area contributed by atoms with Crippen molar-refractivity contribution in [2.45, 2.75) is 25.8 Å². The minimum atomic E-state index is -0.0741. The van der Waals surface area contributed by atoms with Crippen molar-refractivity contribution >= 4 is 41.5 Å². The second-order valence-corrected chi connectivity index (χ2v) is 6.26. The molecule has 0 bridgehead atoms. The molecule has 118 valence electrons. The second-order valence-electron chi connectivity index (χ2n) is 5.42. The van der Waals surface area contributed by atoms with Crippen LogP contribution in [0.1, 0.15) is 31.4 Å². The van der Waals surface area contributed by atoms with Crippen molar-refractivity contribution in [1.29, 1.82) is 0 Å². The van der Waals surface area contributed by atoms with E-state index in [9.17, 15) is 4.79 Å². The van der Waals surface area contributed by atoms with Gasteiger partial charge in [0.25, 0.3) is 0 Å². The molecule has 0 heterocycles. The van der Waals surface area contributed by atoms with Crippen molar-refractivity contribution in [3.63, 3.8) is 0 Å². The Bertz CT molecular complexity index is 492. The Morgan fingerprint density at radius 3 is 2.67 bits per heavy atom. The van der Waals surface area contributed by atoms with Crippen LogP contribution in [0, 0.1) is 5.92 Å². The van der Waals surface area contributed by atoms with Gasteiger partial charge < -0.3 is 10.2 Å². The highest BCUT2D eigenvalue weighted by Gasteiger charge is 2.22. The molecule has 0 saturated heterocycles. The zero-order valence-corrected chi connectivity index (χ0v) is 14.6. The lowest BCUT2D eigenvalue weighted by Crippen LogP contribution is -2.37. The van der Waals surface area contributed by atoms with Crippen molar-refractivity contribution < 1.29 is 4.79 Å². The highest BCUT2D eigenvalue weighted by atomic mass is 35.5. The highest BCUT2D eigenvalue weighted by Crippen LogP contribution is 2.29. The molecule has 1 fully saturated rings. The summed E-state index contributed by atoms with van der Waals surface area (Å²) in [5.74, 6) is 0.848. The average Bonchev–Trinajstić information content (AvgIpc) is 3.21. The van der Waals surface area contributed by atoms with E-state index in [1.54, 1.807) is 24.1 Å². The lowest BCUT2D eigenvalue weighted by molar-refractivity contribution is -0.130. The Morgan fingerprint density at radius 2 is 2.10 bits per heavy atom. The fraction of sp³-hybridized carbons (Fsp3) is 0.533. The first-order valence-corrected chi connectivity index (χ1v) is 7.66. The minimum absolute atomic E-state index is 0. The summed E-state index contributed by atoms with van der Waals surface area (Å²) in [6.45, 7) is 3.28. The molecule has 1 N–H and O–H groups in total. The van der Waals surface area contributed by atoms with Gasteiger partial charge in [-0.25, -0.2) is 0 Å². The summed E-state index contributed by atoms with van der Waals surface area (Å²) < 4.78 is 0. The van der Waals surface area contributed by atoms with Crippen molar-refractivity contribution in [2.24, 2.45) is 5.92 Å². The molecule has 1 amide bonds. The van der Waals surface area contributed by atoms with Gasteiger partial charge in [0, 0.05) is 17.1 Å². The zero-order valence-electron chi connectivity index (χ0n) is 12.2. The molecule has 1 aromatic carbocycles. The molecule has 6 heteroatoms. The maximum absolute atomic E-state index is 12.1. The molecule has 21 heavy (non-hydrogen) atoms. The van der Waals surface area contributed by atoms with E-state index < -0.39 is 0 Å². The number of halogens is 3. The number of carbonyl (C=O) groups excluding carboxylic acids is 1. The van der Waals surface area contributed by atoms with Gasteiger partial charge in [-0.3, -0.25) is 4.79 Å². The van der Waals surface area contributed by atoms with Crippen molar-refractivity contribution in [2.75, 3.05) is 20.1 Å². The molecule has 1 atom stereocenters. The Labute approximate surface area is 142 Å². The number of rotatable bonds is 6. The van der Waals surface area contributed by atoms with Crippen LogP contribution in [-0.2, 0) is 4.79 Å². The molecule has 1 aliphatic carbocycles. The van der Waals surface area contributed by atoms with Crippen LogP contribution in [0.25, 0.3) is 0 Å². The van der Waals surface area contributed by atoms with E-state index in [2.05, 4.69) is 5.32 Å². The number of benzene rings is 1. The van der Waals surface area contributed by atoms with Crippen LogP contribution >= 0.6 is 35.6 Å². The lowest BCUT2D eigenvalue weighted by atomic mass is 10.1. The normalized spacial score (nSPS) is 15.2. The Balaban J connectivity index is 0.00000220. The summed E-state index contributed by atoms with van der Waals surface area (Å²) in [5.41, 5.74) is 0.911. The van der Waals surface area contributed by atoms with Crippen LogP contribution in [0.5, 0.6) is 0 Å². The monoisotopic (exact) mass is 350 g/mol. The van der Waals surface area contributed by atoms with E-state index in [1.807, 2.05) is 13.0 Å². The first-order valence-electron chi connectivity index (χ1n) is 6.90. The Kier molecular flexibility index (Phi) is 7.28. The molecule has 1 aliphatic rings. The summed E-state index contributed by atoms with van der Waals surface area (Å²) in [4.78, 5) is 13.8. The summed E-state index contributed by atoms with van der Waals surface area (Å²) in [5, 5.41) is 4.41. The summed E-state index contributed by atoms with van der Waals surface area (Å²) >= 11 is 12.1. The predicted octanol–water partition coefficient (Wildman–Crippen LogP) is 3.93. The third-order valence-electron chi connectivity index (χ3n) is 3.79. The van der Waals surface area contributed by atoms with Gasteiger partial charge in [-0.05, 0) is 49.9 Å².